The molecule has 0 spiro atoms. The molecule has 6 rings (SSSR count). The van der Waals surface area contributed by atoms with Gasteiger partial charge in [0.25, 0.3) is 0 Å². The second kappa shape index (κ2) is 13.0. The molecule has 0 unspecified atom stereocenters. The lowest BCUT2D eigenvalue weighted by Crippen LogP contribution is -2.50. The Balaban J connectivity index is 0.000000185. The molecule has 2 fully saturated rings. The highest BCUT2D eigenvalue weighted by molar-refractivity contribution is 9.10. The van der Waals surface area contributed by atoms with Crippen molar-refractivity contribution in [3.63, 3.8) is 0 Å². The Morgan fingerprint density at radius 2 is 1.13 bits per heavy atom. The summed E-state index contributed by atoms with van der Waals surface area (Å²) in [5.74, 6) is 3.09. The molecule has 0 radical (unpaired) electrons. The molecule has 4 heterocycles. The lowest BCUT2D eigenvalue weighted by molar-refractivity contribution is 0.00687. The van der Waals surface area contributed by atoms with Crippen LogP contribution in [0, 0.1) is 13.8 Å². The quantitative estimate of drug-likeness (QED) is 0.348. The van der Waals surface area contributed by atoms with E-state index < -0.39 is 11.2 Å². The largest absolute Gasteiger partial charge is 0.486 e. The first-order valence-electron chi connectivity index (χ1n) is 16.0. The SMILES string of the molecule is Cc1c(Br)c(N)c2c(c1C1CN(C(=O)OC(C)(C)C)C1)OCCO2.Cc1cc(N)c2c(c1C1CN(C(=O)OC(C)(C)C)C1)OCCO2. The van der Waals surface area contributed by atoms with Crippen LogP contribution in [-0.4, -0.2) is 85.8 Å². The third kappa shape index (κ3) is 7.39. The molecule has 4 aliphatic rings. The molecular weight excluding hydrogens is 672 g/mol. The van der Waals surface area contributed by atoms with E-state index in [1.54, 1.807) is 9.80 Å². The second-order valence-corrected chi connectivity index (χ2v) is 15.1. The number of fused-ring (bicyclic) bond motifs is 2. The lowest BCUT2D eigenvalue weighted by atomic mass is 9.87. The number of carbonyl (C=O) groups is 2. The van der Waals surface area contributed by atoms with Gasteiger partial charge in [0, 0.05) is 53.6 Å². The van der Waals surface area contributed by atoms with Crippen molar-refractivity contribution in [2.45, 2.75) is 78.4 Å². The number of rotatable bonds is 2. The summed E-state index contributed by atoms with van der Waals surface area (Å²) in [6.45, 7) is 19.7. The summed E-state index contributed by atoms with van der Waals surface area (Å²) in [7, 11) is 0. The number of ether oxygens (including phenoxy) is 6. The molecule has 13 heteroatoms. The summed E-state index contributed by atoms with van der Waals surface area (Å²) >= 11 is 3.55. The van der Waals surface area contributed by atoms with Crippen LogP contribution in [0.3, 0.4) is 0 Å². The first-order valence-corrected chi connectivity index (χ1v) is 16.8. The van der Waals surface area contributed by atoms with Crippen molar-refractivity contribution in [1.29, 1.82) is 0 Å². The van der Waals surface area contributed by atoms with Gasteiger partial charge in [-0.05, 0) is 88.5 Å². The second-order valence-electron chi connectivity index (χ2n) is 14.3. The Hall–Kier alpha value is -3.74. The highest BCUT2D eigenvalue weighted by Gasteiger charge is 2.40. The molecule has 4 N–H and O–H groups in total. The van der Waals surface area contributed by atoms with E-state index in [4.69, 9.17) is 39.9 Å². The maximum absolute atomic E-state index is 12.1. The standard InChI is InChI=1S/C17H23BrN2O4.C17H24N2O4/c1-9-11(10-7-20(8-10)16(21)24-17(2,3)4)14-15(13(19)12(9)18)23-6-5-22-14;1-10-7-12(18)14-15(22-6-5-21-14)13(10)11-8-19(9-11)16(20)23-17(2,3)4/h10H,5-8,19H2,1-4H3;7,11H,5-6,8-9,18H2,1-4H3. The number of nitrogens with zero attached hydrogens (tertiary/aromatic N) is 2. The van der Waals surface area contributed by atoms with Crippen LogP contribution >= 0.6 is 15.9 Å². The van der Waals surface area contributed by atoms with Crippen LogP contribution in [0.15, 0.2) is 10.5 Å². The molecule has 2 aromatic rings. The first kappa shape index (κ1) is 34.6. The third-order valence-corrected chi connectivity index (χ3v) is 9.23. The summed E-state index contributed by atoms with van der Waals surface area (Å²) in [5.41, 5.74) is 16.6. The molecule has 258 valence electrons. The number of benzene rings is 2. The number of carbonyl (C=O) groups excluding carboxylic acids is 2. The van der Waals surface area contributed by atoms with Crippen LogP contribution in [-0.2, 0) is 9.47 Å². The van der Waals surface area contributed by atoms with Gasteiger partial charge < -0.3 is 49.7 Å². The van der Waals surface area contributed by atoms with Gasteiger partial charge in [0.05, 0.1) is 11.4 Å². The predicted molar refractivity (Wildman–Crippen MR) is 182 cm³/mol. The minimum absolute atomic E-state index is 0.185. The Morgan fingerprint density at radius 3 is 1.60 bits per heavy atom. The number of anilines is 2. The average Bonchev–Trinajstić information content (AvgIpc) is 2.92. The van der Waals surface area contributed by atoms with Crippen LogP contribution in [0.1, 0.15) is 75.6 Å². The number of aryl methyl sites for hydroxylation is 1. The molecule has 2 amide bonds. The van der Waals surface area contributed by atoms with Gasteiger partial charge in [-0.3, -0.25) is 0 Å². The van der Waals surface area contributed by atoms with Crippen molar-refractivity contribution in [2.75, 3.05) is 64.1 Å². The van der Waals surface area contributed by atoms with Crippen molar-refractivity contribution < 1.29 is 38.0 Å². The monoisotopic (exact) mass is 718 g/mol. The Bertz CT molecular complexity index is 1540. The van der Waals surface area contributed by atoms with Crippen LogP contribution in [0.2, 0.25) is 0 Å². The molecule has 0 aliphatic carbocycles. The van der Waals surface area contributed by atoms with Gasteiger partial charge in [-0.25, -0.2) is 9.59 Å². The van der Waals surface area contributed by atoms with Gasteiger partial charge >= 0.3 is 12.2 Å². The van der Waals surface area contributed by atoms with Gasteiger partial charge in [-0.1, -0.05) is 0 Å². The van der Waals surface area contributed by atoms with Crippen LogP contribution in [0.25, 0.3) is 0 Å². The molecule has 12 nitrogen and oxygen atoms in total. The minimum Gasteiger partial charge on any atom is -0.486 e. The summed E-state index contributed by atoms with van der Waals surface area (Å²) in [5, 5.41) is 0. The molecule has 4 aliphatic heterocycles. The Kier molecular flexibility index (Phi) is 9.60. The maximum Gasteiger partial charge on any atom is 0.410 e. The van der Waals surface area contributed by atoms with E-state index in [1.165, 1.54) is 0 Å². The third-order valence-electron chi connectivity index (χ3n) is 8.21. The summed E-state index contributed by atoms with van der Waals surface area (Å²) in [4.78, 5) is 27.6. The van der Waals surface area contributed by atoms with Crippen molar-refractivity contribution in [2.24, 2.45) is 0 Å². The van der Waals surface area contributed by atoms with Crippen molar-refractivity contribution in [3.8, 4) is 23.0 Å². The molecule has 0 atom stereocenters. The number of hydrogen-bond donors (Lipinski definition) is 2. The van der Waals surface area contributed by atoms with Crippen LogP contribution < -0.4 is 30.4 Å². The molecule has 47 heavy (non-hydrogen) atoms. The first-order chi connectivity index (χ1) is 21.9. The fraction of sp³-hybridized carbons (Fsp3) is 0.588. The average molecular weight is 720 g/mol. The van der Waals surface area contributed by atoms with Crippen LogP contribution in [0.5, 0.6) is 23.0 Å². The van der Waals surface area contributed by atoms with E-state index >= 15 is 0 Å². The zero-order valence-electron chi connectivity index (χ0n) is 28.6. The highest BCUT2D eigenvalue weighted by atomic mass is 79.9. The Labute approximate surface area is 285 Å². The van der Waals surface area contributed by atoms with E-state index in [-0.39, 0.29) is 24.0 Å². The molecule has 0 bridgehead atoms. The Morgan fingerprint density at radius 1 is 0.723 bits per heavy atom. The van der Waals surface area contributed by atoms with E-state index in [0.717, 1.165) is 32.5 Å². The molecule has 0 saturated carbocycles. The smallest absolute Gasteiger partial charge is 0.410 e. The number of amides is 2. The molecule has 0 aromatic heterocycles. The van der Waals surface area contributed by atoms with E-state index in [0.29, 0.717) is 81.2 Å². The minimum atomic E-state index is -0.488. The van der Waals surface area contributed by atoms with Gasteiger partial charge in [-0.2, -0.15) is 0 Å². The number of hydrogen-bond acceptors (Lipinski definition) is 10. The fourth-order valence-electron chi connectivity index (χ4n) is 6.07. The van der Waals surface area contributed by atoms with E-state index in [9.17, 15) is 9.59 Å². The maximum atomic E-state index is 12.1. The van der Waals surface area contributed by atoms with Gasteiger partial charge in [0.2, 0.25) is 0 Å². The van der Waals surface area contributed by atoms with Gasteiger partial charge in [0.15, 0.2) is 23.0 Å². The molecule has 2 saturated heterocycles. The van der Waals surface area contributed by atoms with Gasteiger partial charge in [-0.15, -0.1) is 0 Å². The number of nitrogen functional groups attached to an aromatic ring is 2. The number of nitrogens with two attached hydrogens (primary N) is 2. The van der Waals surface area contributed by atoms with Crippen molar-refractivity contribution >= 4 is 39.5 Å². The highest BCUT2D eigenvalue weighted by Crippen LogP contribution is 2.50. The van der Waals surface area contributed by atoms with Gasteiger partial charge in [0.1, 0.15) is 37.6 Å². The fourth-order valence-corrected chi connectivity index (χ4v) is 6.46. The van der Waals surface area contributed by atoms with E-state index in [2.05, 4.69) is 15.9 Å². The normalized spacial score (nSPS) is 17.6. The summed E-state index contributed by atoms with van der Waals surface area (Å²) in [6.07, 6.45) is -0.551. The van der Waals surface area contributed by atoms with E-state index in [1.807, 2.05) is 61.5 Å². The number of likely N-dealkylation sites (tertiary alicyclic amines) is 2. The van der Waals surface area contributed by atoms with Crippen LogP contribution in [0.4, 0.5) is 21.0 Å². The zero-order chi connectivity index (χ0) is 34.4. The lowest BCUT2D eigenvalue weighted by Gasteiger charge is -2.41. The van der Waals surface area contributed by atoms with Crippen molar-refractivity contribution in [1.82, 2.24) is 9.80 Å². The predicted octanol–water partition coefficient (Wildman–Crippen LogP) is 6.13. The molecular formula is C34H47BrN4O8. The van der Waals surface area contributed by atoms with Crippen molar-refractivity contribution in [3.05, 3.63) is 32.8 Å². The summed E-state index contributed by atoms with van der Waals surface area (Å²) < 4.78 is 34.7. The molecule has 2 aromatic carbocycles. The number of halogens is 1. The topological polar surface area (TPSA) is 148 Å². The zero-order valence-corrected chi connectivity index (χ0v) is 30.2. The summed E-state index contributed by atoms with van der Waals surface area (Å²) in [6, 6.07) is 1.92.